The van der Waals surface area contributed by atoms with Gasteiger partial charge >= 0.3 is 0 Å². The molecule has 0 unspecified atom stereocenters. The topological polar surface area (TPSA) is 74.8 Å². The highest BCUT2D eigenvalue weighted by Gasteiger charge is 2.27. The Kier molecular flexibility index (Phi) is 7.17. The van der Waals surface area contributed by atoms with Gasteiger partial charge in [-0.1, -0.05) is 18.2 Å². The molecule has 3 rings (SSSR count). The average molecular weight is 479 g/mol. The van der Waals surface area contributed by atoms with Gasteiger partial charge in [0.05, 0.1) is 23.7 Å². The number of hydrogen-bond acceptors (Lipinski definition) is 5. The zero-order valence-electron chi connectivity index (χ0n) is 17.3. The lowest BCUT2D eigenvalue weighted by Crippen LogP contribution is -2.41. The van der Waals surface area contributed by atoms with Crippen molar-refractivity contribution in [3.05, 3.63) is 82.1 Å². The van der Waals surface area contributed by atoms with Crippen LogP contribution < -0.4 is 4.90 Å². The molecule has 1 amide bonds. The minimum Gasteiger partial charge on any atom is -0.303 e. The van der Waals surface area contributed by atoms with E-state index in [-0.39, 0.29) is 22.9 Å². The molecule has 0 aliphatic rings. The molecule has 1 heterocycles. The zero-order chi connectivity index (χ0) is 23.5. The van der Waals surface area contributed by atoms with Crippen molar-refractivity contribution in [3.63, 3.8) is 0 Å². The van der Waals surface area contributed by atoms with E-state index in [1.165, 1.54) is 49.6 Å². The summed E-state index contributed by atoms with van der Waals surface area (Å²) < 4.78 is 54.4. The molecule has 0 aliphatic carbocycles. The van der Waals surface area contributed by atoms with Crippen LogP contribution in [0.25, 0.3) is 0 Å². The van der Waals surface area contributed by atoms with Gasteiger partial charge in [-0.3, -0.25) is 9.59 Å². The Morgan fingerprint density at radius 2 is 1.72 bits per heavy atom. The maximum absolute atomic E-state index is 14.4. The molecule has 0 aliphatic heterocycles. The molecule has 0 fully saturated rings. The van der Waals surface area contributed by atoms with Gasteiger partial charge in [-0.05, 0) is 42.6 Å². The van der Waals surface area contributed by atoms with Crippen LogP contribution in [0.2, 0.25) is 0 Å². The molecule has 0 bridgehead atoms. The average Bonchev–Trinajstić information content (AvgIpc) is 3.25. The van der Waals surface area contributed by atoms with Crippen molar-refractivity contribution in [3.8, 4) is 0 Å². The third-order valence-corrected chi connectivity index (χ3v) is 7.40. The van der Waals surface area contributed by atoms with E-state index < -0.39 is 34.1 Å². The van der Waals surface area contributed by atoms with E-state index in [1.807, 2.05) is 0 Å². The number of amides is 1. The van der Waals surface area contributed by atoms with Gasteiger partial charge in [0.1, 0.15) is 11.6 Å². The van der Waals surface area contributed by atoms with Gasteiger partial charge in [-0.15, -0.1) is 11.3 Å². The Labute approximate surface area is 188 Å². The molecule has 168 valence electrons. The van der Waals surface area contributed by atoms with Crippen LogP contribution >= 0.6 is 11.3 Å². The zero-order valence-corrected chi connectivity index (χ0v) is 18.9. The maximum Gasteiger partial charge on any atom is 0.243 e. The third-order valence-electron chi connectivity index (χ3n) is 4.72. The van der Waals surface area contributed by atoms with Crippen molar-refractivity contribution >= 4 is 38.7 Å². The summed E-state index contributed by atoms with van der Waals surface area (Å²) >= 11 is 1.35. The molecule has 0 atom stereocenters. The predicted octanol–water partition coefficient (Wildman–Crippen LogP) is 4.08. The van der Waals surface area contributed by atoms with E-state index in [2.05, 4.69) is 0 Å². The van der Waals surface area contributed by atoms with Gasteiger partial charge in [0.15, 0.2) is 5.78 Å². The number of likely N-dealkylation sites (N-methyl/N-ethyl adjacent to an activating group) is 1. The highest BCUT2D eigenvalue weighted by molar-refractivity contribution is 7.89. The molecule has 0 spiro atoms. The monoisotopic (exact) mass is 478 g/mol. The largest absolute Gasteiger partial charge is 0.303 e. The lowest BCUT2D eigenvalue weighted by atomic mass is 10.2. The van der Waals surface area contributed by atoms with Gasteiger partial charge in [-0.25, -0.2) is 17.2 Å². The van der Waals surface area contributed by atoms with Crippen LogP contribution in [0.3, 0.4) is 0 Å². The Balaban J connectivity index is 1.86. The second-order valence-electron chi connectivity index (χ2n) is 7.00. The van der Waals surface area contributed by atoms with Crippen molar-refractivity contribution < 1.29 is 26.8 Å². The highest BCUT2D eigenvalue weighted by Crippen LogP contribution is 2.25. The number of nitrogens with zero attached hydrogens (tertiary/aromatic N) is 2. The van der Waals surface area contributed by atoms with Crippen LogP contribution in [0.15, 0.2) is 64.9 Å². The molecule has 3 aromatic rings. The summed E-state index contributed by atoms with van der Waals surface area (Å²) in [4.78, 5) is 26.2. The van der Waals surface area contributed by atoms with Gasteiger partial charge < -0.3 is 4.90 Å². The summed E-state index contributed by atoms with van der Waals surface area (Å²) in [6.07, 6.45) is 0. The molecule has 0 radical (unpaired) electrons. The van der Waals surface area contributed by atoms with E-state index in [1.54, 1.807) is 17.5 Å². The van der Waals surface area contributed by atoms with E-state index in [9.17, 15) is 26.8 Å². The van der Waals surface area contributed by atoms with Gasteiger partial charge in [-0.2, -0.15) is 4.31 Å². The first-order chi connectivity index (χ1) is 15.1. The summed E-state index contributed by atoms with van der Waals surface area (Å²) in [5, 5.41) is 1.79. The number of rotatable bonds is 8. The molecule has 0 N–H and O–H groups in total. The fraction of sp³-hybridized carbons (Fsp3) is 0.182. The van der Waals surface area contributed by atoms with Crippen LogP contribution in [-0.4, -0.2) is 38.0 Å². The van der Waals surface area contributed by atoms with E-state index in [0.29, 0.717) is 11.6 Å². The molecule has 2 aromatic carbocycles. The van der Waals surface area contributed by atoms with Crippen molar-refractivity contribution in [2.24, 2.45) is 0 Å². The standard InChI is InChI=1S/C22H20F2N2O4S2/c1-15(27)16-5-8-19(9-6-16)32(29,30)25(2)14-22(28)26(13-18-4-3-11-31-18)21-10-7-17(23)12-20(21)24/h3-12H,13-14H2,1-2H3. The SMILES string of the molecule is CC(=O)c1ccc(S(=O)(=O)N(C)CC(=O)N(Cc2cccs2)c2ccc(F)cc2F)cc1. The second kappa shape index (κ2) is 9.68. The Hall–Kier alpha value is -2.95. The minimum atomic E-state index is -4.05. The number of halogens is 2. The number of sulfonamides is 1. The first kappa shape index (κ1) is 23.7. The maximum atomic E-state index is 14.4. The molecular formula is C22H20F2N2O4S2. The number of thiophene rings is 1. The van der Waals surface area contributed by atoms with Crippen LogP contribution in [0.5, 0.6) is 0 Å². The quantitative estimate of drug-likeness (QED) is 0.457. The number of benzene rings is 2. The fourth-order valence-corrected chi connectivity index (χ4v) is 4.78. The summed E-state index contributed by atoms with van der Waals surface area (Å²) in [6.45, 7) is 0.796. The van der Waals surface area contributed by atoms with E-state index in [0.717, 1.165) is 26.2 Å². The smallest absolute Gasteiger partial charge is 0.243 e. The first-order valence-electron chi connectivity index (χ1n) is 9.44. The third kappa shape index (κ3) is 5.26. The van der Waals surface area contributed by atoms with Crippen LogP contribution in [-0.2, 0) is 21.4 Å². The second-order valence-corrected chi connectivity index (χ2v) is 10.1. The molecule has 6 nitrogen and oxygen atoms in total. The van der Waals surface area contributed by atoms with Crippen LogP contribution in [0.4, 0.5) is 14.5 Å². The summed E-state index contributed by atoms with van der Waals surface area (Å²) in [5.41, 5.74) is 0.206. The highest BCUT2D eigenvalue weighted by atomic mass is 32.2. The lowest BCUT2D eigenvalue weighted by molar-refractivity contribution is -0.118. The van der Waals surface area contributed by atoms with E-state index >= 15 is 0 Å². The summed E-state index contributed by atoms with van der Waals surface area (Å²) in [5.74, 6) is -2.61. The number of carbonyl (C=O) groups is 2. The van der Waals surface area contributed by atoms with Crippen LogP contribution in [0, 0.1) is 11.6 Å². The van der Waals surface area contributed by atoms with E-state index in [4.69, 9.17) is 0 Å². The Morgan fingerprint density at radius 3 is 2.28 bits per heavy atom. The van der Waals surface area contributed by atoms with Crippen molar-refractivity contribution in [2.45, 2.75) is 18.4 Å². The Bertz CT molecular complexity index is 1230. The van der Waals surface area contributed by atoms with Crippen LogP contribution in [0.1, 0.15) is 22.2 Å². The number of carbonyl (C=O) groups excluding carboxylic acids is 2. The van der Waals surface area contributed by atoms with Gasteiger partial charge in [0, 0.05) is 23.6 Å². The number of hydrogen-bond donors (Lipinski definition) is 0. The minimum absolute atomic E-state index is 0.000247. The fourth-order valence-electron chi connectivity index (χ4n) is 2.97. The molecule has 0 saturated heterocycles. The molecular weight excluding hydrogens is 458 g/mol. The normalized spacial score (nSPS) is 11.5. The predicted molar refractivity (Wildman–Crippen MR) is 118 cm³/mol. The number of anilines is 1. The van der Waals surface area contributed by atoms with Crippen molar-refractivity contribution in [1.29, 1.82) is 0 Å². The lowest BCUT2D eigenvalue weighted by Gasteiger charge is -2.25. The molecule has 10 heteroatoms. The Morgan fingerprint density at radius 1 is 1.03 bits per heavy atom. The summed E-state index contributed by atoms with van der Waals surface area (Å²) in [7, 11) is -2.82. The molecule has 32 heavy (non-hydrogen) atoms. The van der Waals surface area contributed by atoms with Crippen molar-refractivity contribution in [2.75, 3.05) is 18.5 Å². The first-order valence-corrected chi connectivity index (χ1v) is 11.8. The number of Topliss-reactive ketones (excluding diaryl/α,β-unsaturated/α-hetero) is 1. The molecule has 0 saturated carbocycles. The molecule has 1 aromatic heterocycles. The summed E-state index contributed by atoms with van der Waals surface area (Å²) in [6, 6.07) is 11.7. The number of ketones is 1. The van der Waals surface area contributed by atoms with Crippen molar-refractivity contribution in [1.82, 2.24) is 4.31 Å². The van der Waals surface area contributed by atoms with Gasteiger partial charge in [0.2, 0.25) is 15.9 Å². The van der Waals surface area contributed by atoms with Gasteiger partial charge in [0.25, 0.3) is 0 Å².